The molecule has 0 spiro atoms. The Bertz CT molecular complexity index is 469. The number of amides is 1. The van der Waals surface area contributed by atoms with Crippen molar-refractivity contribution < 1.29 is 4.79 Å². The van der Waals surface area contributed by atoms with Crippen molar-refractivity contribution in [3.05, 3.63) is 18.0 Å². The van der Waals surface area contributed by atoms with Gasteiger partial charge >= 0.3 is 0 Å². The summed E-state index contributed by atoms with van der Waals surface area (Å²) in [6.45, 7) is 2.77. The fourth-order valence-electron chi connectivity index (χ4n) is 3.00. The van der Waals surface area contributed by atoms with Crippen LogP contribution in [0.15, 0.2) is 12.4 Å². The van der Waals surface area contributed by atoms with E-state index in [2.05, 4.69) is 16.6 Å². The first kappa shape index (κ1) is 13.9. The molecule has 1 N–H and O–H groups in total. The van der Waals surface area contributed by atoms with Gasteiger partial charge in [0.15, 0.2) is 0 Å². The van der Waals surface area contributed by atoms with Crippen LogP contribution in [0.1, 0.15) is 24.3 Å². The summed E-state index contributed by atoms with van der Waals surface area (Å²) in [6, 6.07) is 0.360. The van der Waals surface area contributed by atoms with Crippen LogP contribution in [0.3, 0.4) is 0 Å². The van der Waals surface area contributed by atoms with E-state index in [4.69, 9.17) is 0 Å². The summed E-state index contributed by atoms with van der Waals surface area (Å²) < 4.78 is 1.84. The molecule has 2 unspecified atom stereocenters. The molecule has 0 aromatic carbocycles. The van der Waals surface area contributed by atoms with Crippen molar-refractivity contribution >= 4 is 17.7 Å². The summed E-state index contributed by atoms with van der Waals surface area (Å²) in [5.74, 6) is 2.99. The summed E-state index contributed by atoms with van der Waals surface area (Å²) in [6.07, 6.45) is 5.70. The van der Waals surface area contributed by atoms with Gasteiger partial charge in [0, 0.05) is 62.8 Å². The molecule has 1 aromatic heterocycles. The average Bonchev–Trinajstić information content (AvgIpc) is 3.08. The molecule has 0 bridgehead atoms. The third-order valence-corrected chi connectivity index (χ3v) is 5.29. The highest BCUT2D eigenvalue weighted by atomic mass is 32.2. The SMILES string of the molecule is Cn1cc(C2CCN(C(=O)CC3CSCCN3)C2)cn1. The van der Waals surface area contributed by atoms with E-state index in [-0.39, 0.29) is 0 Å². The Morgan fingerprint density at radius 1 is 1.60 bits per heavy atom. The molecule has 2 fully saturated rings. The first-order valence-electron chi connectivity index (χ1n) is 7.30. The molecule has 2 aliphatic rings. The first-order valence-corrected chi connectivity index (χ1v) is 8.45. The molecule has 2 saturated heterocycles. The predicted octanol–water partition coefficient (Wildman–Crippen LogP) is 0.831. The number of aryl methyl sites for hydroxylation is 1. The number of nitrogens with one attached hydrogen (secondary N) is 1. The molecule has 3 rings (SSSR count). The van der Waals surface area contributed by atoms with Crippen molar-refractivity contribution in [3.8, 4) is 0 Å². The van der Waals surface area contributed by atoms with Gasteiger partial charge in [-0.1, -0.05) is 0 Å². The highest BCUT2D eigenvalue weighted by Crippen LogP contribution is 2.27. The number of hydrogen-bond acceptors (Lipinski definition) is 4. The van der Waals surface area contributed by atoms with Crippen molar-refractivity contribution in [1.82, 2.24) is 20.0 Å². The van der Waals surface area contributed by atoms with E-state index in [1.54, 1.807) is 0 Å². The van der Waals surface area contributed by atoms with Gasteiger partial charge in [0.25, 0.3) is 0 Å². The molecule has 3 heterocycles. The Hall–Kier alpha value is -1.01. The van der Waals surface area contributed by atoms with Crippen LogP contribution in [-0.4, -0.2) is 57.8 Å². The molecule has 0 radical (unpaired) electrons. The van der Waals surface area contributed by atoms with E-state index < -0.39 is 0 Å². The van der Waals surface area contributed by atoms with Crippen LogP contribution in [0.4, 0.5) is 0 Å². The van der Waals surface area contributed by atoms with Crippen molar-refractivity contribution in [2.45, 2.75) is 24.8 Å². The van der Waals surface area contributed by atoms with E-state index in [0.717, 1.165) is 37.6 Å². The molecule has 2 atom stereocenters. The lowest BCUT2D eigenvalue weighted by molar-refractivity contribution is -0.130. The number of hydrogen-bond donors (Lipinski definition) is 1. The normalized spacial score (nSPS) is 26.9. The summed E-state index contributed by atoms with van der Waals surface area (Å²) in [5, 5.41) is 7.66. The molecule has 0 saturated carbocycles. The number of rotatable bonds is 3. The smallest absolute Gasteiger partial charge is 0.224 e. The van der Waals surface area contributed by atoms with Crippen molar-refractivity contribution in [1.29, 1.82) is 0 Å². The molecule has 2 aliphatic heterocycles. The van der Waals surface area contributed by atoms with Crippen molar-refractivity contribution in [3.63, 3.8) is 0 Å². The molecular weight excluding hydrogens is 272 g/mol. The largest absolute Gasteiger partial charge is 0.342 e. The Balaban J connectivity index is 1.52. The molecule has 110 valence electrons. The summed E-state index contributed by atoms with van der Waals surface area (Å²) in [4.78, 5) is 14.4. The highest BCUT2D eigenvalue weighted by molar-refractivity contribution is 7.99. The van der Waals surface area contributed by atoms with Crippen LogP contribution >= 0.6 is 11.8 Å². The molecule has 0 aliphatic carbocycles. The second-order valence-electron chi connectivity index (χ2n) is 5.70. The predicted molar refractivity (Wildman–Crippen MR) is 80.9 cm³/mol. The first-order chi connectivity index (χ1) is 9.72. The quantitative estimate of drug-likeness (QED) is 0.897. The van der Waals surface area contributed by atoms with E-state index in [1.807, 2.05) is 34.6 Å². The molecule has 6 heteroatoms. The Morgan fingerprint density at radius 3 is 3.20 bits per heavy atom. The van der Waals surface area contributed by atoms with E-state index in [0.29, 0.717) is 24.3 Å². The minimum absolute atomic E-state index is 0.302. The Labute approximate surface area is 124 Å². The maximum Gasteiger partial charge on any atom is 0.224 e. The number of likely N-dealkylation sites (tertiary alicyclic amines) is 1. The summed E-state index contributed by atoms with van der Waals surface area (Å²) in [7, 11) is 1.94. The minimum atomic E-state index is 0.302. The van der Waals surface area contributed by atoms with Gasteiger partial charge in [-0.2, -0.15) is 16.9 Å². The van der Waals surface area contributed by atoms with Gasteiger partial charge in [-0.05, 0) is 12.0 Å². The number of nitrogens with zero attached hydrogens (tertiary/aromatic N) is 3. The lowest BCUT2D eigenvalue weighted by Gasteiger charge is -2.25. The van der Waals surface area contributed by atoms with E-state index in [1.165, 1.54) is 5.56 Å². The Morgan fingerprint density at radius 2 is 2.50 bits per heavy atom. The molecule has 1 amide bonds. The third-order valence-electron chi connectivity index (χ3n) is 4.16. The second-order valence-corrected chi connectivity index (χ2v) is 6.85. The van der Waals surface area contributed by atoms with Gasteiger partial charge in [-0.15, -0.1) is 0 Å². The van der Waals surface area contributed by atoms with Crippen LogP contribution in [0.25, 0.3) is 0 Å². The number of carbonyl (C=O) groups is 1. The maximum atomic E-state index is 12.4. The molecular formula is C14H22N4OS. The van der Waals surface area contributed by atoms with Gasteiger partial charge in [-0.3, -0.25) is 9.48 Å². The van der Waals surface area contributed by atoms with E-state index >= 15 is 0 Å². The van der Waals surface area contributed by atoms with Crippen molar-refractivity contribution in [2.24, 2.45) is 7.05 Å². The number of aromatic nitrogens is 2. The fourth-order valence-corrected chi connectivity index (χ4v) is 3.95. The van der Waals surface area contributed by atoms with Gasteiger partial charge in [0.1, 0.15) is 0 Å². The standard InChI is InChI=1S/C14H22N4OS/c1-17-8-12(7-16-17)11-2-4-18(9-11)14(19)6-13-10-20-5-3-15-13/h7-8,11,13,15H,2-6,9-10H2,1H3. The van der Waals surface area contributed by atoms with Gasteiger partial charge in [-0.25, -0.2) is 0 Å². The lowest BCUT2D eigenvalue weighted by atomic mass is 10.0. The molecule has 1 aromatic rings. The zero-order chi connectivity index (χ0) is 13.9. The average molecular weight is 294 g/mol. The topological polar surface area (TPSA) is 50.2 Å². The van der Waals surface area contributed by atoms with Crippen molar-refractivity contribution in [2.75, 3.05) is 31.1 Å². The minimum Gasteiger partial charge on any atom is -0.342 e. The number of carbonyl (C=O) groups excluding carboxylic acids is 1. The summed E-state index contributed by atoms with van der Waals surface area (Å²) >= 11 is 1.94. The van der Waals surface area contributed by atoms with Gasteiger partial charge < -0.3 is 10.2 Å². The lowest BCUT2D eigenvalue weighted by Crippen LogP contribution is -2.42. The van der Waals surface area contributed by atoms with Crippen LogP contribution in [0.2, 0.25) is 0 Å². The van der Waals surface area contributed by atoms with Crippen LogP contribution in [0, 0.1) is 0 Å². The third kappa shape index (κ3) is 3.17. The maximum absolute atomic E-state index is 12.4. The van der Waals surface area contributed by atoms with Gasteiger partial charge in [0.2, 0.25) is 5.91 Å². The monoisotopic (exact) mass is 294 g/mol. The fraction of sp³-hybridized carbons (Fsp3) is 0.714. The zero-order valence-electron chi connectivity index (χ0n) is 11.9. The Kier molecular flexibility index (Phi) is 4.31. The van der Waals surface area contributed by atoms with Crippen LogP contribution in [0.5, 0.6) is 0 Å². The zero-order valence-corrected chi connectivity index (χ0v) is 12.7. The molecule has 20 heavy (non-hydrogen) atoms. The van der Waals surface area contributed by atoms with Gasteiger partial charge in [0.05, 0.1) is 6.20 Å². The van der Waals surface area contributed by atoms with Crippen LogP contribution < -0.4 is 5.32 Å². The van der Waals surface area contributed by atoms with E-state index in [9.17, 15) is 4.79 Å². The highest BCUT2D eigenvalue weighted by Gasteiger charge is 2.29. The second kappa shape index (κ2) is 6.18. The van der Waals surface area contributed by atoms with Crippen LogP contribution in [-0.2, 0) is 11.8 Å². The summed E-state index contributed by atoms with van der Waals surface area (Å²) in [5.41, 5.74) is 1.26. The molecule has 5 nitrogen and oxygen atoms in total. The number of thioether (sulfide) groups is 1.